The van der Waals surface area contributed by atoms with E-state index in [1.807, 2.05) is 6.07 Å². The first-order valence-electron chi connectivity index (χ1n) is 7.70. The van der Waals surface area contributed by atoms with Crippen molar-refractivity contribution in [1.82, 2.24) is 9.88 Å². The van der Waals surface area contributed by atoms with E-state index in [0.29, 0.717) is 18.3 Å². The van der Waals surface area contributed by atoms with Crippen molar-refractivity contribution in [3.63, 3.8) is 0 Å². The van der Waals surface area contributed by atoms with Crippen LogP contribution in [0.5, 0.6) is 0 Å². The lowest BCUT2D eigenvalue weighted by atomic mass is 9.98. The van der Waals surface area contributed by atoms with E-state index < -0.39 is 0 Å². The average molecular weight is 291 g/mol. The molecule has 0 atom stereocenters. The normalized spacial score (nSPS) is 15.7. The lowest BCUT2D eigenvalue weighted by Gasteiger charge is -2.22. The molecule has 1 aliphatic carbocycles. The number of aromatic nitrogens is 1. The molecule has 1 heterocycles. The Hall–Kier alpha value is -1.62. The van der Waals surface area contributed by atoms with Crippen LogP contribution in [0.3, 0.4) is 0 Å². The SMILES string of the molecule is CN(C)C(=O)c1ccc(NCCOC2CCCCC2)nc1. The van der Waals surface area contributed by atoms with E-state index >= 15 is 0 Å². The Balaban J connectivity index is 1.69. The Kier molecular flexibility index (Phi) is 5.99. The van der Waals surface area contributed by atoms with Crippen molar-refractivity contribution in [2.75, 3.05) is 32.6 Å². The molecule has 1 aromatic rings. The molecule has 1 fully saturated rings. The number of ether oxygens (including phenoxy) is 1. The van der Waals surface area contributed by atoms with Gasteiger partial charge in [-0.1, -0.05) is 19.3 Å². The smallest absolute Gasteiger partial charge is 0.254 e. The van der Waals surface area contributed by atoms with Gasteiger partial charge in [0, 0.05) is 26.8 Å². The lowest BCUT2D eigenvalue weighted by molar-refractivity contribution is 0.0347. The van der Waals surface area contributed by atoms with Crippen LogP contribution in [-0.2, 0) is 4.74 Å². The molecule has 2 rings (SSSR count). The number of anilines is 1. The van der Waals surface area contributed by atoms with E-state index in [1.54, 1.807) is 31.3 Å². The highest BCUT2D eigenvalue weighted by atomic mass is 16.5. The van der Waals surface area contributed by atoms with Crippen LogP contribution < -0.4 is 5.32 Å². The van der Waals surface area contributed by atoms with Gasteiger partial charge in [-0.05, 0) is 25.0 Å². The van der Waals surface area contributed by atoms with Gasteiger partial charge in [-0.3, -0.25) is 4.79 Å². The highest BCUT2D eigenvalue weighted by Gasteiger charge is 2.13. The van der Waals surface area contributed by atoms with Gasteiger partial charge in [-0.15, -0.1) is 0 Å². The van der Waals surface area contributed by atoms with Gasteiger partial charge >= 0.3 is 0 Å². The molecule has 1 amide bonds. The second kappa shape index (κ2) is 7.98. The van der Waals surface area contributed by atoms with Gasteiger partial charge in [-0.2, -0.15) is 0 Å². The van der Waals surface area contributed by atoms with E-state index in [-0.39, 0.29) is 5.91 Å². The summed E-state index contributed by atoms with van der Waals surface area (Å²) in [5.41, 5.74) is 0.601. The Labute approximate surface area is 126 Å². The molecule has 1 saturated carbocycles. The number of amides is 1. The summed E-state index contributed by atoms with van der Waals surface area (Å²) in [6.45, 7) is 1.44. The molecule has 0 spiro atoms. The minimum Gasteiger partial charge on any atom is -0.376 e. The van der Waals surface area contributed by atoms with Crippen molar-refractivity contribution in [3.8, 4) is 0 Å². The zero-order valence-corrected chi connectivity index (χ0v) is 13.0. The fourth-order valence-electron chi connectivity index (χ4n) is 2.52. The molecule has 1 aromatic heterocycles. The molecule has 5 nitrogen and oxygen atoms in total. The molecule has 1 aliphatic rings. The number of nitrogens with zero attached hydrogens (tertiary/aromatic N) is 2. The molecule has 0 unspecified atom stereocenters. The maximum absolute atomic E-state index is 11.7. The summed E-state index contributed by atoms with van der Waals surface area (Å²) in [5, 5.41) is 3.22. The second-order valence-electron chi connectivity index (χ2n) is 5.69. The monoisotopic (exact) mass is 291 g/mol. The summed E-state index contributed by atoms with van der Waals surface area (Å²) in [6.07, 6.45) is 8.36. The van der Waals surface area contributed by atoms with Crippen molar-refractivity contribution >= 4 is 11.7 Å². The zero-order chi connectivity index (χ0) is 15.1. The number of hydrogen-bond acceptors (Lipinski definition) is 4. The largest absolute Gasteiger partial charge is 0.376 e. The van der Waals surface area contributed by atoms with Crippen molar-refractivity contribution in [3.05, 3.63) is 23.9 Å². The highest BCUT2D eigenvalue weighted by molar-refractivity contribution is 5.93. The standard InChI is InChI=1S/C16H25N3O2/c1-19(2)16(20)13-8-9-15(18-12-13)17-10-11-21-14-6-4-3-5-7-14/h8-9,12,14H,3-7,10-11H2,1-2H3,(H,17,18). The molecule has 5 heteroatoms. The summed E-state index contributed by atoms with van der Waals surface area (Å²) in [5.74, 6) is 0.743. The van der Waals surface area contributed by atoms with E-state index in [1.165, 1.54) is 32.1 Å². The van der Waals surface area contributed by atoms with Gasteiger partial charge in [-0.25, -0.2) is 4.98 Å². The number of pyridine rings is 1. The Morgan fingerprint density at radius 2 is 2.10 bits per heavy atom. The number of nitrogens with one attached hydrogen (secondary N) is 1. The van der Waals surface area contributed by atoms with Crippen LogP contribution in [0.4, 0.5) is 5.82 Å². The van der Waals surface area contributed by atoms with E-state index in [0.717, 1.165) is 12.4 Å². The predicted molar refractivity (Wildman–Crippen MR) is 83.6 cm³/mol. The van der Waals surface area contributed by atoms with Crippen molar-refractivity contribution < 1.29 is 9.53 Å². The Morgan fingerprint density at radius 3 is 2.71 bits per heavy atom. The first-order chi connectivity index (χ1) is 10.2. The summed E-state index contributed by atoms with van der Waals surface area (Å²) in [6, 6.07) is 3.62. The molecular weight excluding hydrogens is 266 g/mol. The molecule has 1 N–H and O–H groups in total. The van der Waals surface area contributed by atoms with Crippen LogP contribution in [-0.4, -0.2) is 49.1 Å². The molecule has 0 radical (unpaired) electrons. The number of carbonyl (C=O) groups excluding carboxylic acids is 1. The van der Waals surface area contributed by atoms with Crippen molar-refractivity contribution in [2.24, 2.45) is 0 Å². The zero-order valence-electron chi connectivity index (χ0n) is 13.0. The van der Waals surface area contributed by atoms with Crippen LogP contribution in [0.1, 0.15) is 42.5 Å². The van der Waals surface area contributed by atoms with Gasteiger partial charge in [0.2, 0.25) is 0 Å². The van der Waals surface area contributed by atoms with Gasteiger partial charge in [0.05, 0.1) is 18.3 Å². The maximum Gasteiger partial charge on any atom is 0.254 e. The Morgan fingerprint density at radius 1 is 1.33 bits per heavy atom. The van der Waals surface area contributed by atoms with E-state index in [4.69, 9.17) is 4.74 Å². The maximum atomic E-state index is 11.7. The average Bonchev–Trinajstić information content (AvgIpc) is 2.52. The summed E-state index contributed by atoms with van der Waals surface area (Å²) in [4.78, 5) is 17.5. The van der Waals surface area contributed by atoms with Gasteiger partial charge < -0.3 is 15.0 Å². The van der Waals surface area contributed by atoms with Crippen LogP contribution in [0.15, 0.2) is 18.3 Å². The number of hydrogen-bond donors (Lipinski definition) is 1. The van der Waals surface area contributed by atoms with E-state index in [9.17, 15) is 4.79 Å². The molecule has 0 aliphatic heterocycles. The van der Waals surface area contributed by atoms with E-state index in [2.05, 4.69) is 10.3 Å². The number of rotatable bonds is 6. The minimum absolute atomic E-state index is 0.0327. The third-order valence-corrected chi connectivity index (χ3v) is 3.73. The second-order valence-corrected chi connectivity index (χ2v) is 5.69. The third kappa shape index (κ3) is 5.01. The topological polar surface area (TPSA) is 54.5 Å². The van der Waals surface area contributed by atoms with Crippen LogP contribution >= 0.6 is 0 Å². The number of carbonyl (C=O) groups is 1. The van der Waals surface area contributed by atoms with Crippen LogP contribution in [0.25, 0.3) is 0 Å². The fraction of sp³-hybridized carbons (Fsp3) is 0.625. The first-order valence-corrected chi connectivity index (χ1v) is 7.70. The molecule has 0 bridgehead atoms. The van der Waals surface area contributed by atoms with Crippen molar-refractivity contribution in [2.45, 2.75) is 38.2 Å². The summed E-state index contributed by atoms with van der Waals surface area (Å²) in [7, 11) is 3.47. The fourth-order valence-corrected chi connectivity index (χ4v) is 2.52. The molecule has 116 valence electrons. The van der Waals surface area contributed by atoms with Crippen LogP contribution in [0.2, 0.25) is 0 Å². The third-order valence-electron chi connectivity index (χ3n) is 3.73. The Bertz CT molecular complexity index is 439. The minimum atomic E-state index is -0.0327. The van der Waals surface area contributed by atoms with Crippen molar-refractivity contribution in [1.29, 1.82) is 0 Å². The quantitative estimate of drug-likeness (QED) is 0.818. The highest BCUT2D eigenvalue weighted by Crippen LogP contribution is 2.20. The molecule has 0 saturated heterocycles. The summed E-state index contributed by atoms with van der Waals surface area (Å²) >= 11 is 0. The lowest BCUT2D eigenvalue weighted by Crippen LogP contribution is -2.22. The van der Waals surface area contributed by atoms with Crippen LogP contribution in [0, 0.1) is 0 Å². The molecule has 21 heavy (non-hydrogen) atoms. The van der Waals surface area contributed by atoms with Gasteiger partial charge in [0.1, 0.15) is 5.82 Å². The summed E-state index contributed by atoms with van der Waals surface area (Å²) < 4.78 is 5.85. The van der Waals surface area contributed by atoms with Gasteiger partial charge in [0.15, 0.2) is 0 Å². The predicted octanol–water partition coefficient (Wildman–Crippen LogP) is 2.54. The van der Waals surface area contributed by atoms with Gasteiger partial charge in [0.25, 0.3) is 5.91 Å². The molecular formula is C16H25N3O2. The molecule has 0 aromatic carbocycles. The first kappa shape index (κ1) is 15.8.